The molecule has 1 aromatic heterocycles. The number of hydrogen-bond donors (Lipinski definition) is 1. The van der Waals surface area contributed by atoms with Crippen molar-refractivity contribution in [2.24, 2.45) is 11.8 Å². The smallest absolute Gasteiger partial charge is 0.270 e. The Morgan fingerprint density at radius 1 is 1.12 bits per heavy atom. The van der Waals surface area contributed by atoms with Crippen molar-refractivity contribution < 1.29 is 9.59 Å². The zero-order chi connectivity index (χ0) is 17.2. The Balaban J connectivity index is 1.22. The highest BCUT2D eigenvalue weighted by atomic mass is 16.2. The van der Waals surface area contributed by atoms with Gasteiger partial charge < -0.3 is 10.2 Å². The summed E-state index contributed by atoms with van der Waals surface area (Å²) in [5, 5.41) is 2.68. The summed E-state index contributed by atoms with van der Waals surface area (Å²) in [5.74, 6) is 1.55. The molecule has 2 bridgehead atoms. The van der Waals surface area contributed by atoms with Gasteiger partial charge in [0, 0.05) is 38.4 Å². The van der Waals surface area contributed by atoms with Gasteiger partial charge in [-0.25, -0.2) is 0 Å². The molecule has 1 aliphatic heterocycles. The first-order valence-corrected chi connectivity index (χ1v) is 9.42. The fraction of sp³-hybridized carbons (Fsp3) is 0.632. The number of amides is 2. The summed E-state index contributed by atoms with van der Waals surface area (Å²) in [6, 6.07) is 5.92. The molecule has 6 nitrogen and oxygen atoms in total. The van der Waals surface area contributed by atoms with Gasteiger partial charge in [0.2, 0.25) is 5.91 Å². The number of pyridine rings is 1. The average Bonchev–Trinajstić information content (AvgIpc) is 3.30. The number of nitrogens with one attached hydrogen (secondary N) is 1. The second-order valence-corrected chi connectivity index (χ2v) is 7.56. The lowest BCUT2D eigenvalue weighted by Gasteiger charge is -2.41. The molecule has 3 aliphatic rings. The van der Waals surface area contributed by atoms with E-state index in [2.05, 4.69) is 15.2 Å². The minimum Gasteiger partial charge on any atom is -0.342 e. The summed E-state index contributed by atoms with van der Waals surface area (Å²) in [6.07, 6.45) is 7.18. The van der Waals surface area contributed by atoms with Gasteiger partial charge in [0.25, 0.3) is 5.91 Å². The highest BCUT2D eigenvalue weighted by Crippen LogP contribution is 2.46. The van der Waals surface area contributed by atoms with E-state index < -0.39 is 0 Å². The Morgan fingerprint density at radius 3 is 2.60 bits per heavy atom. The molecule has 0 aromatic carbocycles. The minimum atomic E-state index is -0.297. The molecule has 1 aromatic rings. The van der Waals surface area contributed by atoms with Crippen LogP contribution in [0.4, 0.5) is 0 Å². The zero-order valence-corrected chi connectivity index (χ0v) is 14.6. The topological polar surface area (TPSA) is 65.5 Å². The predicted octanol–water partition coefficient (Wildman–Crippen LogP) is 1.14. The van der Waals surface area contributed by atoms with Crippen molar-refractivity contribution in [3.63, 3.8) is 0 Å². The second-order valence-electron chi connectivity index (χ2n) is 7.56. The Morgan fingerprint density at radius 2 is 1.96 bits per heavy atom. The standard InChI is InChI=1S/C19H26N4O2/c24-18(13-21-19(25)16-3-1-2-6-20-16)23-9-7-22(8-10-23)17-12-14-4-5-15(17)11-14/h1-3,6,14-15,17H,4-5,7-13H2,(H,21,25)/t14-,15+,17-/m0/s1. The minimum absolute atomic E-state index is 0.00289. The van der Waals surface area contributed by atoms with Crippen molar-refractivity contribution in [3.8, 4) is 0 Å². The van der Waals surface area contributed by atoms with Crippen LogP contribution in [-0.4, -0.2) is 65.4 Å². The number of hydrogen-bond acceptors (Lipinski definition) is 4. The molecule has 0 spiro atoms. The zero-order valence-electron chi connectivity index (χ0n) is 14.6. The van der Waals surface area contributed by atoms with Gasteiger partial charge >= 0.3 is 0 Å². The number of piperazine rings is 1. The van der Waals surface area contributed by atoms with Gasteiger partial charge in [0.15, 0.2) is 0 Å². The Hall–Kier alpha value is -1.95. The third kappa shape index (κ3) is 3.54. The van der Waals surface area contributed by atoms with Gasteiger partial charge in [-0.15, -0.1) is 0 Å². The van der Waals surface area contributed by atoms with Gasteiger partial charge in [-0.1, -0.05) is 12.5 Å². The Kier molecular flexibility index (Phi) is 4.70. The van der Waals surface area contributed by atoms with Crippen LogP contribution in [0.25, 0.3) is 0 Å². The molecule has 2 aliphatic carbocycles. The first kappa shape index (κ1) is 16.5. The van der Waals surface area contributed by atoms with Gasteiger partial charge in [0.1, 0.15) is 5.69 Å². The van der Waals surface area contributed by atoms with Crippen LogP contribution in [0.15, 0.2) is 24.4 Å². The van der Waals surface area contributed by atoms with Crippen LogP contribution in [0.3, 0.4) is 0 Å². The van der Waals surface area contributed by atoms with Gasteiger partial charge in [0.05, 0.1) is 6.54 Å². The van der Waals surface area contributed by atoms with Gasteiger partial charge in [-0.2, -0.15) is 0 Å². The van der Waals surface area contributed by atoms with Crippen LogP contribution in [0.5, 0.6) is 0 Å². The van der Waals surface area contributed by atoms with Gasteiger partial charge in [-0.05, 0) is 43.2 Å². The maximum atomic E-state index is 12.4. The Labute approximate surface area is 148 Å². The molecule has 1 N–H and O–H groups in total. The molecule has 3 fully saturated rings. The third-order valence-electron chi connectivity index (χ3n) is 6.13. The maximum absolute atomic E-state index is 12.4. The van der Waals surface area contributed by atoms with E-state index >= 15 is 0 Å². The van der Waals surface area contributed by atoms with Crippen LogP contribution in [0.2, 0.25) is 0 Å². The monoisotopic (exact) mass is 342 g/mol. The summed E-state index contributed by atoms with van der Waals surface area (Å²) < 4.78 is 0. The van der Waals surface area contributed by atoms with E-state index in [1.54, 1.807) is 24.4 Å². The highest BCUT2D eigenvalue weighted by Gasteiger charge is 2.42. The lowest BCUT2D eigenvalue weighted by atomic mass is 9.93. The lowest BCUT2D eigenvalue weighted by molar-refractivity contribution is -0.132. The third-order valence-corrected chi connectivity index (χ3v) is 6.13. The molecule has 0 radical (unpaired) electrons. The van der Waals surface area contributed by atoms with Crippen LogP contribution in [0.1, 0.15) is 36.2 Å². The van der Waals surface area contributed by atoms with Crippen LogP contribution >= 0.6 is 0 Å². The van der Waals surface area contributed by atoms with Crippen molar-refractivity contribution in [2.45, 2.75) is 31.7 Å². The van der Waals surface area contributed by atoms with E-state index in [4.69, 9.17) is 0 Å². The SMILES string of the molecule is O=C(NCC(=O)N1CCN([C@H]2C[C@H]3CC[C@@H]2C3)CC1)c1ccccn1. The molecule has 0 unspecified atom stereocenters. The number of aromatic nitrogens is 1. The molecule has 3 atom stereocenters. The first-order chi connectivity index (χ1) is 12.2. The highest BCUT2D eigenvalue weighted by molar-refractivity contribution is 5.94. The summed E-state index contributed by atoms with van der Waals surface area (Å²) in [4.78, 5) is 32.8. The number of rotatable bonds is 4. The summed E-state index contributed by atoms with van der Waals surface area (Å²) >= 11 is 0. The molecule has 2 saturated carbocycles. The van der Waals surface area contributed by atoms with Crippen molar-refractivity contribution in [1.29, 1.82) is 0 Å². The van der Waals surface area contributed by atoms with Gasteiger partial charge in [-0.3, -0.25) is 19.5 Å². The molecule has 25 heavy (non-hydrogen) atoms. The first-order valence-electron chi connectivity index (χ1n) is 9.42. The largest absolute Gasteiger partial charge is 0.342 e. The number of carbonyl (C=O) groups is 2. The van der Waals surface area contributed by atoms with E-state index in [0.717, 1.165) is 44.1 Å². The van der Waals surface area contributed by atoms with Crippen molar-refractivity contribution in [1.82, 2.24) is 20.1 Å². The molecule has 2 amide bonds. The molecule has 2 heterocycles. The molecule has 4 rings (SSSR count). The molecule has 6 heteroatoms. The van der Waals surface area contributed by atoms with Crippen LogP contribution in [-0.2, 0) is 4.79 Å². The van der Waals surface area contributed by atoms with E-state index in [0.29, 0.717) is 5.69 Å². The molecular formula is C19H26N4O2. The lowest BCUT2D eigenvalue weighted by Crippen LogP contribution is -2.54. The van der Waals surface area contributed by atoms with E-state index in [1.807, 2.05) is 4.90 Å². The molecular weight excluding hydrogens is 316 g/mol. The normalized spacial score (nSPS) is 29.0. The van der Waals surface area contributed by atoms with Crippen molar-refractivity contribution in [2.75, 3.05) is 32.7 Å². The van der Waals surface area contributed by atoms with E-state index in [1.165, 1.54) is 25.7 Å². The number of fused-ring (bicyclic) bond motifs is 2. The summed E-state index contributed by atoms with van der Waals surface area (Å²) in [5.41, 5.74) is 0.344. The fourth-order valence-corrected chi connectivity index (χ4v) is 4.82. The fourth-order valence-electron chi connectivity index (χ4n) is 4.82. The number of carbonyl (C=O) groups excluding carboxylic acids is 2. The van der Waals surface area contributed by atoms with E-state index in [-0.39, 0.29) is 18.4 Å². The van der Waals surface area contributed by atoms with E-state index in [9.17, 15) is 9.59 Å². The molecule has 134 valence electrons. The summed E-state index contributed by atoms with van der Waals surface area (Å²) in [6.45, 7) is 3.52. The molecule has 1 saturated heterocycles. The average molecular weight is 342 g/mol. The summed E-state index contributed by atoms with van der Waals surface area (Å²) in [7, 11) is 0. The predicted molar refractivity (Wildman–Crippen MR) is 94.0 cm³/mol. The van der Waals surface area contributed by atoms with Crippen molar-refractivity contribution >= 4 is 11.8 Å². The van der Waals surface area contributed by atoms with Crippen molar-refractivity contribution in [3.05, 3.63) is 30.1 Å². The van der Waals surface area contributed by atoms with Crippen LogP contribution < -0.4 is 5.32 Å². The quantitative estimate of drug-likeness (QED) is 0.891. The van der Waals surface area contributed by atoms with Crippen LogP contribution in [0, 0.1) is 11.8 Å². The second kappa shape index (κ2) is 7.12. The number of nitrogens with zero attached hydrogens (tertiary/aromatic N) is 3. The maximum Gasteiger partial charge on any atom is 0.270 e. The Bertz CT molecular complexity index is 628.